The molecule has 0 aromatic heterocycles. The lowest BCUT2D eigenvalue weighted by Crippen LogP contribution is -2.43. The predicted octanol–water partition coefficient (Wildman–Crippen LogP) is 0.622. The average Bonchev–Trinajstić information content (AvgIpc) is 2.89. The quantitative estimate of drug-likeness (QED) is 0.825. The average molecular weight is 315 g/mol. The molecule has 1 N–H and O–H groups in total. The molecule has 0 bridgehead atoms. The molecule has 1 unspecified atom stereocenters. The molecule has 1 atom stereocenters. The molecule has 0 radical (unpaired) electrons. The summed E-state index contributed by atoms with van der Waals surface area (Å²) < 4.78 is 5.00. The number of nitrogens with zero attached hydrogens (tertiary/aromatic N) is 2. The molecule has 3 amide bonds. The molecule has 23 heavy (non-hydrogen) atoms. The molecular formula is C16H17N3O4. The smallest absolute Gasteiger partial charge is 0.271 e. The first-order valence-corrected chi connectivity index (χ1v) is 7.39. The van der Waals surface area contributed by atoms with E-state index in [1.165, 1.54) is 7.11 Å². The molecule has 0 saturated heterocycles. The standard InChI is InChI=1S/C16H17N3O4/c1-23-14-5-4-13(15(21)18-14)19-8-11-6-10(7-17-9-20)2-3-12(11)16(19)22/h2-3,6,9,13H,4-5,7-8H2,1H3,(H,17,20). The zero-order valence-electron chi connectivity index (χ0n) is 12.7. The minimum atomic E-state index is -0.537. The summed E-state index contributed by atoms with van der Waals surface area (Å²) in [6.07, 6.45) is 1.70. The summed E-state index contributed by atoms with van der Waals surface area (Å²) in [5.41, 5.74) is 2.39. The topological polar surface area (TPSA) is 88.1 Å². The van der Waals surface area contributed by atoms with Crippen LogP contribution in [0.25, 0.3) is 0 Å². The number of aliphatic imine (C=N–C) groups is 1. The number of ether oxygens (including phenoxy) is 1. The van der Waals surface area contributed by atoms with E-state index in [1.54, 1.807) is 17.0 Å². The molecule has 7 heteroatoms. The van der Waals surface area contributed by atoms with Crippen molar-refractivity contribution in [3.8, 4) is 0 Å². The number of benzene rings is 1. The summed E-state index contributed by atoms with van der Waals surface area (Å²) in [6.45, 7) is 0.798. The molecular weight excluding hydrogens is 298 g/mol. The maximum atomic E-state index is 12.5. The van der Waals surface area contributed by atoms with E-state index in [1.807, 2.05) is 6.07 Å². The normalized spacial score (nSPS) is 20.1. The van der Waals surface area contributed by atoms with E-state index < -0.39 is 6.04 Å². The van der Waals surface area contributed by atoms with Crippen LogP contribution in [0.1, 0.15) is 34.3 Å². The molecule has 120 valence electrons. The van der Waals surface area contributed by atoms with Gasteiger partial charge in [0.1, 0.15) is 6.04 Å². The fourth-order valence-electron chi connectivity index (χ4n) is 2.99. The van der Waals surface area contributed by atoms with E-state index in [0.717, 1.165) is 11.1 Å². The second kappa shape index (κ2) is 6.20. The predicted molar refractivity (Wildman–Crippen MR) is 81.7 cm³/mol. The van der Waals surface area contributed by atoms with Crippen LogP contribution in [-0.4, -0.2) is 42.2 Å². The SMILES string of the molecule is COC1=NC(=O)C(N2Cc3cc(CNC=O)ccc3C2=O)CC1. The Kier molecular flexibility index (Phi) is 4.10. The summed E-state index contributed by atoms with van der Waals surface area (Å²) in [5.74, 6) is -0.0703. The largest absolute Gasteiger partial charge is 0.484 e. The number of hydrogen-bond donors (Lipinski definition) is 1. The molecule has 7 nitrogen and oxygen atoms in total. The highest BCUT2D eigenvalue weighted by atomic mass is 16.5. The molecule has 1 aromatic carbocycles. The number of methoxy groups -OCH3 is 1. The molecule has 0 fully saturated rings. The zero-order chi connectivity index (χ0) is 16.4. The summed E-state index contributed by atoms with van der Waals surface area (Å²) in [6, 6.07) is 4.91. The van der Waals surface area contributed by atoms with Gasteiger partial charge in [-0.2, -0.15) is 4.99 Å². The van der Waals surface area contributed by atoms with Gasteiger partial charge in [0, 0.05) is 25.1 Å². The first kappa shape index (κ1) is 15.2. The van der Waals surface area contributed by atoms with Gasteiger partial charge in [0.2, 0.25) is 6.41 Å². The summed E-state index contributed by atoms with van der Waals surface area (Å²) in [5, 5.41) is 2.60. The van der Waals surface area contributed by atoms with Crippen LogP contribution in [0.2, 0.25) is 0 Å². The van der Waals surface area contributed by atoms with Crippen LogP contribution in [0.5, 0.6) is 0 Å². The van der Waals surface area contributed by atoms with Crippen LogP contribution in [0.3, 0.4) is 0 Å². The Balaban J connectivity index is 1.79. The number of nitrogens with one attached hydrogen (secondary N) is 1. The van der Waals surface area contributed by atoms with Gasteiger partial charge in [-0.05, 0) is 23.6 Å². The van der Waals surface area contributed by atoms with E-state index in [2.05, 4.69) is 10.3 Å². The van der Waals surface area contributed by atoms with Crippen molar-refractivity contribution in [3.63, 3.8) is 0 Å². The van der Waals surface area contributed by atoms with Gasteiger partial charge in [0.05, 0.1) is 7.11 Å². The van der Waals surface area contributed by atoms with Gasteiger partial charge >= 0.3 is 0 Å². The summed E-state index contributed by atoms with van der Waals surface area (Å²) >= 11 is 0. The number of carbonyl (C=O) groups is 3. The monoisotopic (exact) mass is 315 g/mol. The molecule has 2 aliphatic rings. The van der Waals surface area contributed by atoms with E-state index in [-0.39, 0.29) is 11.8 Å². The Morgan fingerprint density at radius 3 is 2.96 bits per heavy atom. The van der Waals surface area contributed by atoms with Gasteiger partial charge in [-0.1, -0.05) is 12.1 Å². The van der Waals surface area contributed by atoms with Crippen molar-refractivity contribution in [3.05, 3.63) is 34.9 Å². The van der Waals surface area contributed by atoms with E-state index in [0.29, 0.717) is 43.8 Å². The highest BCUT2D eigenvalue weighted by molar-refractivity contribution is 6.03. The van der Waals surface area contributed by atoms with Gasteiger partial charge in [-0.25, -0.2) is 0 Å². The summed E-state index contributed by atoms with van der Waals surface area (Å²) in [4.78, 5) is 40.5. The van der Waals surface area contributed by atoms with Crippen molar-refractivity contribution in [2.75, 3.05) is 7.11 Å². The molecule has 0 aliphatic carbocycles. The highest BCUT2D eigenvalue weighted by Gasteiger charge is 2.38. The number of carbonyl (C=O) groups excluding carboxylic acids is 3. The molecule has 1 aromatic rings. The first-order chi connectivity index (χ1) is 11.1. The van der Waals surface area contributed by atoms with Crippen LogP contribution in [-0.2, 0) is 27.4 Å². The fourth-order valence-corrected chi connectivity index (χ4v) is 2.99. The maximum Gasteiger partial charge on any atom is 0.271 e. The van der Waals surface area contributed by atoms with E-state index in [4.69, 9.17) is 4.74 Å². The van der Waals surface area contributed by atoms with Gasteiger partial charge in [-0.3, -0.25) is 14.4 Å². The highest BCUT2D eigenvalue weighted by Crippen LogP contribution is 2.28. The molecule has 3 rings (SSSR count). The third-order valence-electron chi connectivity index (χ3n) is 4.15. The number of fused-ring (bicyclic) bond motifs is 1. The van der Waals surface area contributed by atoms with Crippen molar-refractivity contribution < 1.29 is 19.1 Å². The summed E-state index contributed by atoms with van der Waals surface area (Å²) in [7, 11) is 1.48. The van der Waals surface area contributed by atoms with Crippen LogP contribution in [0, 0.1) is 0 Å². The van der Waals surface area contributed by atoms with Crippen molar-refractivity contribution in [1.29, 1.82) is 0 Å². The lowest BCUT2D eigenvalue weighted by molar-refractivity contribution is -0.123. The minimum absolute atomic E-state index is 0.149. The van der Waals surface area contributed by atoms with Gasteiger partial charge in [0.15, 0.2) is 5.90 Å². The number of amides is 3. The van der Waals surface area contributed by atoms with Crippen LogP contribution in [0.15, 0.2) is 23.2 Å². The molecule has 2 heterocycles. The van der Waals surface area contributed by atoms with Crippen molar-refractivity contribution in [1.82, 2.24) is 10.2 Å². The first-order valence-electron chi connectivity index (χ1n) is 7.39. The third kappa shape index (κ3) is 2.81. The van der Waals surface area contributed by atoms with Gasteiger partial charge in [-0.15, -0.1) is 0 Å². The Hall–Kier alpha value is -2.70. The van der Waals surface area contributed by atoms with Crippen LogP contribution < -0.4 is 5.32 Å². The Bertz CT molecular complexity index is 699. The van der Waals surface area contributed by atoms with Gasteiger partial charge < -0.3 is 15.0 Å². The molecule has 0 spiro atoms. The Morgan fingerprint density at radius 1 is 1.43 bits per heavy atom. The molecule has 2 aliphatic heterocycles. The second-order valence-corrected chi connectivity index (χ2v) is 5.53. The van der Waals surface area contributed by atoms with E-state index in [9.17, 15) is 14.4 Å². The minimum Gasteiger partial charge on any atom is -0.484 e. The Morgan fingerprint density at radius 2 is 2.26 bits per heavy atom. The molecule has 0 saturated carbocycles. The van der Waals surface area contributed by atoms with Crippen molar-refractivity contribution in [2.45, 2.75) is 32.0 Å². The maximum absolute atomic E-state index is 12.5. The number of hydrogen-bond acceptors (Lipinski definition) is 4. The van der Waals surface area contributed by atoms with Crippen molar-refractivity contribution in [2.24, 2.45) is 4.99 Å². The second-order valence-electron chi connectivity index (χ2n) is 5.53. The van der Waals surface area contributed by atoms with Crippen molar-refractivity contribution >= 4 is 24.1 Å². The fraction of sp³-hybridized carbons (Fsp3) is 0.375. The third-order valence-corrected chi connectivity index (χ3v) is 4.15. The van der Waals surface area contributed by atoms with Gasteiger partial charge in [0.25, 0.3) is 11.8 Å². The number of rotatable bonds is 4. The van der Waals surface area contributed by atoms with E-state index >= 15 is 0 Å². The Labute approximate surface area is 133 Å². The lowest BCUT2D eigenvalue weighted by atomic mass is 10.1. The zero-order valence-corrected chi connectivity index (χ0v) is 12.7. The lowest BCUT2D eigenvalue weighted by Gasteiger charge is -2.27. The van der Waals surface area contributed by atoms with Crippen LogP contribution >= 0.6 is 0 Å². The van der Waals surface area contributed by atoms with Crippen LogP contribution in [0.4, 0.5) is 0 Å².